The fraction of sp³-hybridized carbons (Fsp3) is 0.350. The second kappa shape index (κ2) is 7.32. The maximum atomic E-state index is 12.4. The van der Waals surface area contributed by atoms with Crippen molar-refractivity contribution in [3.05, 3.63) is 59.2 Å². The van der Waals surface area contributed by atoms with Crippen LogP contribution in [-0.2, 0) is 11.2 Å². The Hall–Kier alpha value is -2.29. The third-order valence-electron chi connectivity index (χ3n) is 3.93. The van der Waals surface area contributed by atoms with E-state index in [0.29, 0.717) is 11.6 Å². The molecule has 0 spiro atoms. The Bertz CT molecular complexity index is 675. The Kier molecular flexibility index (Phi) is 5.43. The van der Waals surface area contributed by atoms with Crippen LogP contribution in [0, 0.1) is 12.8 Å². The molecule has 0 saturated heterocycles. The fourth-order valence-electron chi connectivity index (χ4n) is 2.55. The van der Waals surface area contributed by atoms with Crippen LogP contribution in [0.3, 0.4) is 0 Å². The molecular weight excluding hydrogens is 286 g/mol. The van der Waals surface area contributed by atoms with Crippen LogP contribution >= 0.6 is 0 Å². The van der Waals surface area contributed by atoms with Gasteiger partial charge in [-0.15, -0.1) is 0 Å². The number of nitrogens with one attached hydrogen (secondary N) is 1. The van der Waals surface area contributed by atoms with Gasteiger partial charge in [0.05, 0.1) is 11.6 Å². The number of aromatic hydroxyl groups is 1. The number of phenolic OH excluding ortho intramolecular Hbond substituents is 1. The van der Waals surface area contributed by atoms with Gasteiger partial charge in [-0.3, -0.25) is 4.79 Å². The summed E-state index contributed by atoms with van der Waals surface area (Å²) in [4.78, 5) is 12.4. The number of anilines is 1. The summed E-state index contributed by atoms with van der Waals surface area (Å²) in [5.41, 5.74) is 3.66. The highest BCUT2D eigenvalue weighted by molar-refractivity contribution is 5.96. The summed E-state index contributed by atoms with van der Waals surface area (Å²) in [5, 5.41) is 12.7. The third-order valence-corrected chi connectivity index (χ3v) is 3.93. The van der Waals surface area contributed by atoms with Crippen LogP contribution in [0.5, 0.6) is 5.75 Å². The van der Waals surface area contributed by atoms with E-state index in [-0.39, 0.29) is 17.6 Å². The molecule has 0 heterocycles. The molecule has 23 heavy (non-hydrogen) atoms. The van der Waals surface area contributed by atoms with Crippen molar-refractivity contribution in [3.63, 3.8) is 0 Å². The molecule has 2 aromatic carbocycles. The molecule has 2 aromatic rings. The fourth-order valence-corrected chi connectivity index (χ4v) is 2.55. The Morgan fingerprint density at radius 3 is 2.30 bits per heavy atom. The van der Waals surface area contributed by atoms with Gasteiger partial charge < -0.3 is 10.4 Å². The van der Waals surface area contributed by atoms with Gasteiger partial charge in [0.25, 0.3) is 0 Å². The topological polar surface area (TPSA) is 49.3 Å². The first kappa shape index (κ1) is 17.1. The number of phenols is 1. The molecule has 0 aliphatic carbocycles. The first-order chi connectivity index (χ1) is 10.9. The van der Waals surface area contributed by atoms with Crippen molar-refractivity contribution >= 4 is 11.6 Å². The number of hydrogen-bond acceptors (Lipinski definition) is 2. The van der Waals surface area contributed by atoms with E-state index in [0.717, 1.165) is 17.5 Å². The Labute approximate surface area is 138 Å². The summed E-state index contributed by atoms with van der Waals surface area (Å²) in [6, 6.07) is 13.4. The van der Waals surface area contributed by atoms with Crippen molar-refractivity contribution in [2.45, 2.75) is 40.0 Å². The molecule has 0 unspecified atom stereocenters. The lowest BCUT2D eigenvalue weighted by Gasteiger charge is -2.14. The summed E-state index contributed by atoms with van der Waals surface area (Å²) in [7, 11) is 0. The number of carbonyl (C=O) groups excluding carboxylic acids is 1. The second-order valence-electron chi connectivity index (χ2n) is 6.57. The molecule has 3 nitrogen and oxygen atoms in total. The monoisotopic (exact) mass is 311 g/mol. The van der Waals surface area contributed by atoms with Crippen LogP contribution in [-0.4, -0.2) is 11.0 Å². The van der Waals surface area contributed by atoms with E-state index in [9.17, 15) is 9.90 Å². The van der Waals surface area contributed by atoms with Gasteiger partial charge in [0.2, 0.25) is 5.91 Å². The molecule has 0 bridgehead atoms. The zero-order valence-corrected chi connectivity index (χ0v) is 14.3. The van der Waals surface area contributed by atoms with Crippen LogP contribution < -0.4 is 5.32 Å². The number of amides is 1. The standard InChI is InChI=1S/C20H25NO2/c1-13(2)11-16-6-8-17(9-7-16)15(4)20(23)21-18-10-5-14(3)12-19(18)22/h5-10,12-13,15,22H,11H2,1-4H3,(H,21,23)/t15-/m1/s1. The van der Waals surface area contributed by atoms with Crippen molar-refractivity contribution in [2.24, 2.45) is 5.92 Å². The quantitative estimate of drug-likeness (QED) is 0.790. The SMILES string of the molecule is Cc1ccc(NC(=O)[C@H](C)c2ccc(CC(C)C)cc2)c(O)c1. The third kappa shape index (κ3) is 4.59. The van der Waals surface area contributed by atoms with Gasteiger partial charge in [-0.1, -0.05) is 44.2 Å². The maximum Gasteiger partial charge on any atom is 0.231 e. The van der Waals surface area contributed by atoms with E-state index < -0.39 is 0 Å². The van der Waals surface area contributed by atoms with Crippen molar-refractivity contribution < 1.29 is 9.90 Å². The largest absolute Gasteiger partial charge is 0.506 e. The maximum absolute atomic E-state index is 12.4. The second-order valence-corrected chi connectivity index (χ2v) is 6.57. The van der Waals surface area contributed by atoms with Crippen LogP contribution in [0.2, 0.25) is 0 Å². The number of benzene rings is 2. The van der Waals surface area contributed by atoms with E-state index >= 15 is 0 Å². The predicted molar refractivity (Wildman–Crippen MR) is 94.9 cm³/mol. The van der Waals surface area contributed by atoms with Crippen LogP contribution in [0.15, 0.2) is 42.5 Å². The molecule has 0 aliphatic rings. The minimum absolute atomic E-state index is 0.0952. The highest BCUT2D eigenvalue weighted by atomic mass is 16.3. The lowest BCUT2D eigenvalue weighted by atomic mass is 9.96. The van der Waals surface area contributed by atoms with Gasteiger partial charge in [0.1, 0.15) is 5.75 Å². The van der Waals surface area contributed by atoms with Crippen LogP contribution in [0.1, 0.15) is 43.4 Å². The molecule has 0 saturated carbocycles. The molecule has 2 rings (SSSR count). The van der Waals surface area contributed by atoms with Gasteiger partial charge in [-0.05, 0) is 55.0 Å². The Morgan fingerprint density at radius 2 is 1.74 bits per heavy atom. The Balaban J connectivity index is 2.07. The van der Waals surface area contributed by atoms with Crippen molar-refractivity contribution in [3.8, 4) is 5.75 Å². The molecule has 3 heteroatoms. The van der Waals surface area contributed by atoms with E-state index in [2.05, 4.69) is 31.3 Å². The molecular formula is C20H25NO2. The molecule has 1 atom stereocenters. The summed E-state index contributed by atoms with van der Waals surface area (Å²) in [6.45, 7) is 8.15. The van der Waals surface area contributed by atoms with Gasteiger partial charge in [0.15, 0.2) is 0 Å². The number of hydrogen-bond donors (Lipinski definition) is 2. The summed E-state index contributed by atoms with van der Waals surface area (Å²) in [5.74, 6) is 0.313. The molecule has 0 aliphatic heterocycles. The summed E-state index contributed by atoms with van der Waals surface area (Å²) in [6.07, 6.45) is 1.04. The molecule has 0 radical (unpaired) electrons. The van der Waals surface area contributed by atoms with Gasteiger partial charge in [-0.25, -0.2) is 0 Å². The number of carbonyl (C=O) groups is 1. The Morgan fingerprint density at radius 1 is 1.09 bits per heavy atom. The highest BCUT2D eigenvalue weighted by Crippen LogP contribution is 2.26. The van der Waals surface area contributed by atoms with Gasteiger partial charge in [0, 0.05) is 0 Å². The number of aryl methyl sites for hydroxylation is 1. The summed E-state index contributed by atoms with van der Waals surface area (Å²) >= 11 is 0. The first-order valence-electron chi connectivity index (χ1n) is 8.06. The van der Waals surface area contributed by atoms with E-state index in [4.69, 9.17) is 0 Å². The predicted octanol–water partition coefficient (Wildman–Crippen LogP) is 4.64. The smallest absolute Gasteiger partial charge is 0.231 e. The van der Waals surface area contributed by atoms with Crippen LogP contribution in [0.25, 0.3) is 0 Å². The lowest BCUT2D eigenvalue weighted by molar-refractivity contribution is -0.117. The number of rotatable bonds is 5. The summed E-state index contributed by atoms with van der Waals surface area (Å²) < 4.78 is 0. The van der Waals surface area contributed by atoms with Gasteiger partial charge in [-0.2, -0.15) is 0 Å². The van der Waals surface area contributed by atoms with Crippen LogP contribution in [0.4, 0.5) is 5.69 Å². The normalized spacial score (nSPS) is 12.2. The molecule has 122 valence electrons. The highest BCUT2D eigenvalue weighted by Gasteiger charge is 2.16. The molecule has 0 aromatic heterocycles. The lowest BCUT2D eigenvalue weighted by Crippen LogP contribution is -2.19. The average molecular weight is 311 g/mol. The van der Waals surface area contributed by atoms with Gasteiger partial charge >= 0.3 is 0 Å². The zero-order valence-electron chi connectivity index (χ0n) is 14.3. The van der Waals surface area contributed by atoms with Crippen molar-refractivity contribution in [1.29, 1.82) is 0 Å². The van der Waals surface area contributed by atoms with E-state index in [1.165, 1.54) is 5.56 Å². The molecule has 1 amide bonds. The minimum atomic E-state index is -0.274. The molecule has 2 N–H and O–H groups in total. The zero-order chi connectivity index (χ0) is 17.0. The average Bonchev–Trinajstić information content (AvgIpc) is 2.49. The van der Waals surface area contributed by atoms with Crippen molar-refractivity contribution in [2.75, 3.05) is 5.32 Å². The first-order valence-corrected chi connectivity index (χ1v) is 8.06. The van der Waals surface area contributed by atoms with Crippen molar-refractivity contribution in [1.82, 2.24) is 0 Å². The minimum Gasteiger partial charge on any atom is -0.506 e. The van der Waals surface area contributed by atoms with E-state index in [1.54, 1.807) is 12.1 Å². The van der Waals surface area contributed by atoms with E-state index in [1.807, 2.05) is 32.0 Å². The molecule has 0 fully saturated rings.